The van der Waals surface area contributed by atoms with Gasteiger partial charge in [-0.25, -0.2) is 15.0 Å². The fourth-order valence-corrected chi connectivity index (χ4v) is 4.72. The first kappa shape index (κ1) is 31.7. The van der Waals surface area contributed by atoms with E-state index in [4.69, 9.17) is 4.42 Å². The van der Waals surface area contributed by atoms with Gasteiger partial charge in [-0.05, 0) is 43.8 Å². The third-order valence-corrected chi connectivity index (χ3v) is 6.96. The summed E-state index contributed by atoms with van der Waals surface area (Å²) in [4.78, 5) is 29.0. The quantitative estimate of drug-likeness (QED) is 0.192. The molecule has 1 amide bonds. The van der Waals surface area contributed by atoms with Crippen LogP contribution in [0.5, 0.6) is 0 Å². The van der Waals surface area contributed by atoms with Crippen molar-refractivity contribution in [2.24, 2.45) is 0 Å². The summed E-state index contributed by atoms with van der Waals surface area (Å²) in [6.07, 6.45) is -8.24. The predicted octanol–water partition coefficient (Wildman–Crippen LogP) is 6.30. The molecule has 2 aromatic heterocycles. The molecule has 1 fully saturated rings. The van der Waals surface area contributed by atoms with Crippen LogP contribution in [0.3, 0.4) is 0 Å². The lowest BCUT2D eigenvalue weighted by atomic mass is 10.0. The summed E-state index contributed by atoms with van der Waals surface area (Å²) in [6.45, 7) is 4.64. The third-order valence-electron chi connectivity index (χ3n) is 6.96. The Morgan fingerprint density at radius 3 is 2.24 bits per heavy atom. The number of amides is 1. The summed E-state index contributed by atoms with van der Waals surface area (Å²) in [5, 5.41) is 7.75. The SMILES string of the molecule is Cc1nc(Nc2ccc(CN3CCN(C)CC3)c(C(F)(F)F)c2)cc(Nc2ncc(C(=O)Nc3ccccc3C(F)(F)F)o2)n1. The van der Waals surface area contributed by atoms with E-state index >= 15 is 0 Å². The van der Waals surface area contributed by atoms with Gasteiger partial charge in [-0.3, -0.25) is 15.0 Å². The van der Waals surface area contributed by atoms with Crippen molar-refractivity contribution in [1.82, 2.24) is 24.8 Å². The molecule has 0 bridgehead atoms. The van der Waals surface area contributed by atoms with Gasteiger partial charge in [-0.15, -0.1) is 0 Å². The molecule has 3 heterocycles. The molecule has 1 aliphatic rings. The number of para-hydroxylation sites is 1. The summed E-state index contributed by atoms with van der Waals surface area (Å²) < 4.78 is 87.2. The Morgan fingerprint density at radius 2 is 1.56 bits per heavy atom. The first-order valence-corrected chi connectivity index (χ1v) is 13.7. The zero-order chi connectivity index (χ0) is 32.4. The second-order valence-corrected chi connectivity index (χ2v) is 10.4. The highest BCUT2D eigenvalue weighted by atomic mass is 19.4. The molecule has 0 aliphatic carbocycles. The van der Waals surface area contributed by atoms with Crippen molar-refractivity contribution in [3.05, 3.63) is 83.0 Å². The summed E-state index contributed by atoms with van der Waals surface area (Å²) in [6, 6.07) is 9.68. The molecule has 2 aromatic carbocycles. The minimum atomic E-state index is -4.68. The van der Waals surface area contributed by atoms with E-state index < -0.39 is 35.1 Å². The van der Waals surface area contributed by atoms with E-state index in [2.05, 4.69) is 35.8 Å². The highest BCUT2D eigenvalue weighted by molar-refractivity contribution is 6.02. The van der Waals surface area contributed by atoms with E-state index in [0.717, 1.165) is 37.5 Å². The number of benzene rings is 2. The van der Waals surface area contributed by atoms with Gasteiger partial charge in [-0.2, -0.15) is 26.3 Å². The normalized spacial score (nSPS) is 14.8. The molecule has 0 unspecified atom stereocenters. The number of carbonyl (C=O) groups excluding carboxylic acids is 1. The molecule has 0 radical (unpaired) electrons. The number of nitrogens with one attached hydrogen (secondary N) is 3. The lowest BCUT2D eigenvalue weighted by Crippen LogP contribution is -2.44. The zero-order valence-electron chi connectivity index (χ0n) is 24.1. The Labute approximate surface area is 253 Å². The molecule has 5 rings (SSSR count). The van der Waals surface area contributed by atoms with Crippen molar-refractivity contribution < 1.29 is 35.6 Å². The fraction of sp³-hybridized carbons (Fsp3) is 0.310. The smallest absolute Gasteiger partial charge is 0.418 e. The van der Waals surface area contributed by atoms with Gasteiger partial charge >= 0.3 is 18.4 Å². The van der Waals surface area contributed by atoms with Crippen LogP contribution in [0.25, 0.3) is 0 Å². The number of nitrogens with zero attached hydrogens (tertiary/aromatic N) is 5. The van der Waals surface area contributed by atoms with E-state index in [9.17, 15) is 31.1 Å². The third kappa shape index (κ3) is 8.07. The standard InChI is InChI=1S/C29H28F6N8O2/c1-17-37-24(39-19-8-7-18(21(13-19)29(33,34)35)16-43-11-9-42(2)10-12-43)14-25(38-17)41-27-36-15-23(45-27)26(44)40-22-6-4-3-5-20(22)28(30,31)32/h3-8,13-15H,9-12,16H2,1-2H3,(H,40,44)(H2,36,37,38,39,41). The monoisotopic (exact) mass is 634 g/mol. The van der Waals surface area contributed by atoms with E-state index in [1.54, 1.807) is 13.0 Å². The highest BCUT2D eigenvalue weighted by Crippen LogP contribution is 2.36. The number of alkyl halides is 6. The van der Waals surface area contributed by atoms with Gasteiger partial charge in [0.15, 0.2) is 0 Å². The van der Waals surface area contributed by atoms with Crippen LogP contribution < -0.4 is 16.0 Å². The van der Waals surface area contributed by atoms with Crippen LogP contribution in [0.15, 0.2) is 59.1 Å². The van der Waals surface area contributed by atoms with Crippen LogP contribution in [0, 0.1) is 6.92 Å². The molecule has 3 N–H and O–H groups in total. The minimum Gasteiger partial charge on any atom is -0.418 e. The average Bonchev–Trinajstić information content (AvgIpc) is 3.42. The maximum absolute atomic E-state index is 14.0. The number of halogens is 6. The summed E-state index contributed by atoms with van der Waals surface area (Å²) >= 11 is 0. The fourth-order valence-electron chi connectivity index (χ4n) is 4.72. The van der Waals surface area contributed by atoms with E-state index in [1.165, 1.54) is 24.3 Å². The molecule has 16 heteroatoms. The number of aryl methyl sites for hydroxylation is 1. The van der Waals surface area contributed by atoms with E-state index in [0.29, 0.717) is 13.1 Å². The minimum absolute atomic E-state index is 0.129. The van der Waals surface area contributed by atoms with Crippen molar-refractivity contribution in [3.63, 3.8) is 0 Å². The van der Waals surface area contributed by atoms with Gasteiger partial charge in [-0.1, -0.05) is 18.2 Å². The Hall–Kier alpha value is -4.70. The predicted molar refractivity (Wildman–Crippen MR) is 153 cm³/mol. The van der Waals surface area contributed by atoms with Gasteiger partial charge in [0.2, 0.25) is 5.76 Å². The van der Waals surface area contributed by atoms with Crippen molar-refractivity contribution in [2.45, 2.75) is 25.8 Å². The number of aromatic nitrogens is 3. The van der Waals surface area contributed by atoms with Crippen molar-refractivity contribution in [2.75, 3.05) is 49.2 Å². The van der Waals surface area contributed by atoms with Crippen LogP contribution in [0.4, 0.5) is 55.4 Å². The zero-order valence-corrected chi connectivity index (χ0v) is 24.1. The largest absolute Gasteiger partial charge is 0.418 e. The van der Waals surface area contributed by atoms with Crippen LogP contribution in [-0.4, -0.2) is 63.9 Å². The number of anilines is 5. The second-order valence-electron chi connectivity index (χ2n) is 10.4. The molecule has 0 saturated carbocycles. The van der Waals surface area contributed by atoms with Crippen molar-refractivity contribution in [3.8, 4) is 0 Å². The molecule has 238 valence electrons. The number of carbonyl (C=O) groups is 1. The average molecular weight is 635 g/mol. The molecular weight excluding hydrogens is 606 g/mol. The molecule has 4 aromatic rings. The lowest BCUT2D eigenvalue weighted by Gasteiger charge is -2.33. The number of piperazine rings is 1. The summed E-state index contributed by atoms with van der Waals surface area (Å²) in [5.74, 6) is -0.805. The summed E-state index contributed by atoms with van der Waals surface area (Å²) in [7, 11) is 1.97. The van der Waals surface area contributed by atoms with Crippen LogP contribution in [-0.2, 0) is 18.9 Å². The number of hydrogen-bond acceptors (Lipinski definition) is 9. The van der Waals surface area contributed by atoms with E-state index in [1.807, 2.05) is 11.9 Å². The molecule has 10 nitrogen and oxygen atoms in total. The summed E-state index contributed by atoms with van der Waals surface area (Å²) in [5.41, 5.74) is -1.91. The molecular formula is C29H28F6N8O2. The number of likely N-dealkylation sites (N-methyl/N-ethyl adjacent to an activating group) is 1. The van der Waals surface area contributed by atoms with Crippen molar-refractivity contribution >= 4 is 34.9 Å². The molecule has 1 aliphatic heterocycles. The first-order valence-electron chi connectivity index (χ1n) is 13.7. The highest BCUT2D eigenvalue weighted by Gasteiger charge is 2.35. The van der Waals surface area contributed by atoms with Gasteiger partial charge < -0.3 is 20.0 Å². The molecule has 0 spiro atoms. The first-order chi connectivity index (χ1) is 21.2. The maximum atomic E-state index is 14.0. The van der Waals surface area contributed by atoms with Gasteiger partial charge in [0, 0.05) is 44.5 Å². The Kier molecular flexibility index (Phi) is 8.97. The maximum Gasteiger partial charge on any atom is 0.418 e. The second kappa shape index (κ2) is 12.7. The van der Waals surface area contributed by atoms with Crippen LogP contribution in [0.1, 0.15) is 33.1 Å². The lowest BCUT2D eigenvalue weighted by molar-refractivity contribution is -0.138. The topological polar surface area (TPSA) is 111 Å². The van der Waals surface area contributed by atoms with Gasteiger partial charge in [0.1, 0.15) is 17.5 Å². The van der Waals surface area contributed by atoms with Crippen molar-refractivity contribution in [1.29, 1.82) is 0 Å². The number of hydrogen-bond donors (Lipinski definition) is 3. The van der Waals surface area contributed by atoms with Gasteiger partial charge in [0.05, 0.1) is 23.0 Å². The molecule has 1 saturated heterocycles. The van der Waals surface area contributed by atoms with Crippen LogP contribution >= 0.6 is 0 Å². The molecule has 0 atom stereocenters. The Morgan fingerprint density at radius 1 is 0.889 bits per heavy atom. The molecule has 45 heavy (non-hydrogen) atoms. The number of rotatable bonds is 8. The van der Waals surface area contributed by atoms with Gasteiger partial charge in [0.25, 0.3) is 5.91 Å². The van der Waals surface area contributed by atoms with E-state index in [-0.39, 0.29) is 47.0 Å². The van der Waals surface area contributed by atoms with Crippen LogP contribution in [0.2, 0.25) is 0 Å². The number of oxazole rings is 1. The Balaban J connectivity index is 1.29. The Bertz CT molecular complexity index is 1670.